The Balaban J connectivity index is 2.01. The fourth-order valence-electron chi connectivity index (χ4n) is 2.34. The van der Waals surface area contributed by atoms with Crippen LogP contribution < -0.4 is 9.84 Å². The lowest BCUT2D eigenvalue weighted by molar-refractivity contribution is -0.269. The Bertz CT molecular complexity index is 737. The number of fused-ring (bicyclic) bond motifs is 1. The number of ketones is 1. The van der Waals surface area contributed by atoms with E-state index in [1.165, 1.54) is 24.3 Å². The van der Waals surface area contributed by atoms with E-state index in [-0.39, 0.29) is 40.8 Å². The normalized spacial score (nSPS) is 17.1. The van der Waals surface area contributed by atoms with Crippen LogP contribution in [0.25, 0.3) is 0 Å². The van der Waals surface area contributed by atoms with Crippen LogP contribution in [-0.4, -0.2) is 21.1 Å². The zero-order chi connectivity index (χ0) is 15.1. The number of phenolic OH excluding ortho intramolecular Hbond substituents is 3. The van der Waals surface area contributed by atoms with Crippen LogP contribution in [0.15, 0.2) is 30.3 Å². The highest BCUT2D eigenvalue weighted by Gasteiger charge is 2.29. The number of carbonyl (C=O) groups excluding carboxylic acids is 1. The Morgan fingerprint density at radius 1 is 1.10 bits per heavy atom. The third kappa shape index (κ3) is 2.20. The molecule has 0 saturated carbocycles. The third-order valence-electron chi connectivity index (χ3n) is 3.34. The first kappa shape index (κ1) is 13.1. The average molecular weight is 287 g/mol. The minimum absolute atomic E-state index is 0.0221. The molecule has 0 saturated heterocycles. The summed E-state index contributed by atoms with van der Waals surface area (Å²) < 4.78 is 5.57. The summed E-state index contributed by atoms with van der Waals surface area (Å²) in [5, 5.41) is 39.9. The molecule has 0 aromatic heterocycles. The molecule has 108 valence electrons. The van der Waals surface area contributed by atoms with Crippen molar-refractivity contribution in [3.8, 4) is 28.7 Å². The molecule has 1 aliphatic heterocycles. The fourth-order valence-corrected chi connectivity index (χ4v) is 2.34. The number of carbonyl (C=O) groups is 1. The van der Waals surface area contributed by atoms with Crippen LogP contribution in [0.4, 0.5) is 0 Å². The zero-order valence-corrected chi connectivity index (χ0v) is 10.7. The van der Waals surface area contributed by atoms with E-state index in [4.69, 9.17) is 4.74 Å². The molecule has 0 aliphatic carbocycles. The minimum atomic E-state index is -0.697. The van der Waals surface area contributed by atoms with Crippen molar-refractivity contribution in [3.05, 3.63) is 41.5 Å². The molecule has 1 atom stereocenters. The lowest BCUT2D eigenvalue weighted by Gasteiger charge is -2.28. The van der Waals surface area contributed by atoms with Gasteiger partial charge in [-0.25, -0.2) is 0 Å². The predicted molar refractivity (Wildman–Crippen MR) is 69.6 cm³/mol. The second-order valence-electron chi connectivity index (χ2n) is 4.80. The number of aromatic hydroxyl groups is 3. The molecule has 21 heavy (non-hydrogen) atoms. The van der Waals surface area contributed by atoms with Gasteiger partial charge in [0, 0.05) is 6.07 Å². The standard InChI is InChI=1S/C15H12O6/c16-8-4-11(19)15-12(20)6-13(21-14(15)5-8)7-1-2-9(17)10(18)3-7/h1-5,13,16-19H,6H2/p-1/t13-/m0/s1. The summed E-state index contributed by atoms with van der Waals surface area (Å²) in [7, 11) is 0. The predicted octanol–water partition coefficient (Wildman–Crippen LogP) is 1.58. The Morgan fingerprint density at radius 3 is 2.57 bits per heavy atom. The van der Waals surface area contributed by atoms with E-state index in [0.717, 1.165) is 6.07 Å². The largest absolute Gasteiger partial charge is 0.872 e. The highest BCUT2D eigenvalue weighted by atomic mass is 16.5. The number of hydrogen-bond donors (Lipinski definition) is 3. The Labute approximate surface area is 119 Å². The summed E-state index contributed by atoms with van der Waals surface area (Å²) >= 11 is 0. The molecule has 6 heteroatoms. The van der Waals surface area contributed by atoms with Crippen molar-refractivity contribution < 1.29 is 30.0 Å². The third-order valence-corrected chi connectivity index (χ3v) is 3.34. The summed E-state index contributed by atoms with van der Waals surface area (Å²) in [6.07, 6.45) is -0.755. The Morgan fingerprint density at radius 2 is 1.86 bits per heavy atom. The van der Waals surface area contributed by atoms with E-state index in [0.29, 0.717) is 5.56 Å². The second-order valence-corrected chi connectivity index (χ2v) is 4.80. The lowest BCUT2D eigenvalue weighted by atomic mass is 9.95. The maximum Gasteiger partial charge on any atom is 0.170 e. The first-order chi connectivity index (χ1) is 9.95. The molecule has 0 unspecified atom stereocenters. The summed E-state index contributed by atoms with van der Waals surface area (Å²) in [4.78, 5) is 12.1. The van der Waals surface area contributed by atoms with Crippen molar-refractivity contribution in [2.75, 3.05) is 0 Å². The van der Waals surface area contributed by atoms with E-state index < -0.39 is 11.9 Å². The van der Waals surface area contributed by atoms with Crippen molar-refractivity contribution in [2.45, 2.75) is 12.5 Å². The summed E-state index contributed by atoms with van der Waals surface area (Å²) in [5.41, 5.74) is 0.409. The van der Waals surface area contributed by atoms with Gasteiger partial charge in [-0.1, -0.05) is 11.8 Å². The van der Waals surface area contributed by atoms with Gasteiger partial charge in [0.05, 0.1) is 12.0 Å². The molecule has 0 radical (unpaired) electrons. The average Bonchev–Trinajstić information content (AvgIpc) is 2.40. The van der Waals surface area contributed by atoms with Gasteiger partial charge >= 0.3 is 0 Å². The van der Waals surface area contributed by atoms with E-state index in [2.05, 4.69) is 0 Å². The summed E-state index contributed by atoms with van der Waals surface area (Å²) in [5.74, 6) is -1.83. The molecule has 0 spiro atoms. The molecule has 1 aliphatic rings. The van der Waals surface area contributed by atoms with Gasteiger partial charge in [0.1, 0.15) is 17.6 Å². The van der Waals surface area contributed by atoms with Crippen molar-refractivity contribution in [3.63, 3.8) is 0 Å². The van der Waals surface area contributed by atoms with Crippen molar-refractivity contribution >= 4 is 5.78 Å². The van der Waals surface area contributed by atoms with Gasteiger partial charge < -0.3 is 25.2 Å². The molecule has 1 heterocycles. The highest BCUT2D eigenvalue weighted by molar-refractivity contribution is 6.02. The molecule has 6 nitrogen and oxygen atoms in total. The van der Waals surface area contributed by atoms with Crippen LogP contribution >= 0.6 is 0 Å². The first-order valence-corrected chi connectivity index (χ1v) is 6.21. The van der Waals surface area contributed by atoms with Crippen LogP contribution in [0.2, 0.25) is 0 Å². The number of benzene rings is 2. The van der Waals surface area contributed by atoms with E-state index in [9.17, 15) is 25.2 Å². The van der Waals surface area contributed by atoms with Crippen molar-refractivity contribution in [1.29, 1.82) is 0 Å². The summed E-state index contributed by atoms with van der Waals surface area (Å²) in [6.45, 7) is 0. The summed E-state index contributed by atoms with van der Waals surface area (Å²) in [6, 6.07) is 6.27. The maximum atomic E-state index is 12.1. The van der Waals surface area contributed by atoms with E-state index in [1.54, 1.807) is 0 Å². The van der Waals surface area contributed by atoms with Crippen LogP contribution in [-0.2, 0) is 0 Å². The second kappa shape index (κ2) is 4.59. The smallest absolute Gasteiger partial charge is 0.170 e. The highest BCUT2D eigenvalue weighted by Crippen LogP contribution is 2.41. The molecule has 2 aromatic rings. The molecule has 3 N–H and O–H groups in total. The monoisotopic (exact) mass is 287 g/mol. The Hall–Kier alpha value is -2.89. The maximum absolute atomic E-state index is 12.1. The van der Waals surface area contributed by atoms with Gasteiger partial charge in [-0.05, 0) is 23.8 Å². The Kier molecular flexibility index (Phi) is 2.86. The van der Waals surface area contributed by atoms with Crippen LogP contribution in [0.1, 0.15) is 28.4 Å². The molecule has 2 aromatic carbocycles. The number of hydrogen-bond acceptors (Lipinski definition) is 6. The lowest BCUT2D eigenvalue weighted by Crippen LogP contribution is -2.21. The molecule has 0 bridgehead atoms. The van der Waals surface area contributed by atoms with Gasteiger partial charge in [-0.3, -0.25) is 4.79 Å². The van der Waals surface area contributed by atoms with Crippen LogP contribution in [0.3, 0.4) is 0 Å². The number of rotatable bonds is 1. The SMILES string of the molecule is O=C1C[C@@H](c2ccc(O)c(O)c2)Oc2cc(O)cc([O-])c21. The number of Topliss-reactive ketones (excluding diaryl/α,β-unsaturated/α-hetero) is 1. The van der Waals surface area contributed by atoms with Gasteiger partial charge in [0.15, 0.2) is 17.3 Å². The minimum Gasteiger partial charge on any atom is -0.872 e. The number of ether oxygens (including phenoxy) is 1. The molecule has 0 fully saturated rings. The topological polar surface area (TPSA) is 110 Å². The molecular weight excluding hydrogens is 276 g/mol. The van der Waals surface area contributed by atoms with Crippen molar-refractivity contribution in [2.24, 2.45) is 0 Å². The molecule has 3 rings (SSSR count). The van der Waals surface area contributed by atoms with E-state index >= 15 is 0 Å². The quantitative estimate of drug-likeness (QED) is 0.687. The van der Waals surface area contributed by atoms with Crippen molar-refractivity contribution in [1.82, 2.24) is 0 Å². The van der Waals surface area contributed by atoms with Gasteiger partial charge in [-0.2, -0.15) is 0 Å². The molecular formula is C15H11O6-. The van der Waals surface area contributed by atoms with Gasteiger partial charge in [0.25, 0.3) is 0 Å². The number of phenols is 3. The van der Waals surface area contributed by atoms with E-state index in [1.807, 2.05) is 0 Å². The molecule has 0 amide bonds. The van der Waals surface area contributed by atoms with Gasteiger partial charge in [0.2, 0.25) is 0 Å². The zero-order valence-electron chi connectivity index (χ0n) is 10.7. The first-order valence-electron chi connectivity index (χ1n) is 6.21. The fraction of sp³-hybridized carbons (Fsp3) is 0.133. The van der Waals surface area contributed by atoms with Gasteiger partial charge in [-0.15, -0.1) is 0 Å². The van der Waals surface area contributed by atoms with Crippen LogP contribution in [0.5, 0.6) is 28.7 Å². The van der Waals surface area contributed by atoms with Crippen LogP contribution in [0, 0.1) is 0 Å².